The lowest BCUT2D eigenvalue weighted by atomic mass is 10.1. The third-order valence-electron chi connectivity index (χ3n) is 3.90. The summed E-state index contributed by atoms with van der Waals surface area (Å²) in [6.07, 6.45) is 4.64. The molecule has 1 aliphatic rings. The van der Waals surface area contributed by atoms with Crippen LogP contribution in [0.2, 0.25) is 5.02 Å². The van der Waals surface area contributed by atoms with Crippen LogP contribution < -0.4 is 0 Å². The molecule has 1 aliphatic heterocycles. The summed E-state index contributed by atoms with van der Waals surface area (Å²) < 4.78 is 1.83. The van der Waals surface area contributed by atoms with Crippen molar-refractivity contribution in [3.05, 3.63) is 46.7 Å². The van der Waals surface area contributed by atoms with Crippen molar-refractivity contribution in [1.29, 1.82) is 0 Å². The largest absolute Gasteiger partial charge is 0.339 e. The summed E-state index contributed by atoms with van der Waals surface area (Å²) in [5.41, 5.74) is 2.60. The van der Waals surface area contributed by atoms with Crippen molar-refractivity contribution < 1.29 is 4.79 Å². The van der Waals surface area contributed by atoms with E-state index in [-0.39, 0.29) is 5.91 Å². The van der Waals surface area contributed by atoms with Gasteiger partial charge in [-0.2, -0.15) is 5.10 Å². The van der Waals surface area contributed by atoms with Crippen LogP contribution in [0.15, 0.2) is 30.5 Å². The number of hydrogen-bond acceptors (Lipinski definition) is 2. The number of aromatic nitrogens is 2. The summed E-state index contributed by atoms with van der Waals surface area (Å²) in [5, 5.41) is 5.10. The predicted molar refractivity (Wildman–Crippen MR) is 83.1 cm³/mol. The van der Waals surface area contributed by atoms with E-state index in [9.17, 15) is 4.79 Å². The second-order valence-electron chi connectivity index (χ2n) is 5.25. The fourth-order valence-electron chi connectivity index (χ4n) is 2.79. The van der Waals surface area contributed by atoms with Gasteiger partial charge in [-0.25, -0.2) is 4.68 Å². The van der Waals surface area contributed by atoms with Gasteiger partial charge in [0, 0.05) is 18.1 Å². The SMILES string of the molecule is CCc1c(C(=O)N2CCCC2)cnn1-c1ccc(Cl)cc1. The van der Waals surface area contributed by atoms with Gasteiger partial charge in [0.05, 0.1) is 23.1 Å². The summed E-state index contributed by atoms with van der Waals surface area (Å²) >= 11 is 5.92. The molecular formula is C16H18ClN3O. The molecule has 1 amide bonds. The zero-order valence-corrected chi connectivity index (χ0v) is 12.8. The van der Waals surface area contributed by atoms with Crippen LogP contribution in [-0.4, -0.2) is 33.7 Å². The number of likely N-dealkylation sites (tertiary alicyclic amines) is 1. The number of hydrogen-bond donors (Lipinski definition) is 0. The Labute approximate surface area is 129 Å². The van der Waals surface area contributed by atoms with E-state index in [1.165, 1.54) is 0 Å². The zero-order valence-electron chi connectivity index (χ0n) is 12.1. The summed E-state index contributed by atoms with van der Waals surface area (Å²) in [7, 11) is 0. The second kappa shape index (κ2) is 5.90. The number of benzene rings is 1. The molecule has 4 nitrogen and oxygen atoms in total. The minimum atomic E-state index is 0.101. The van der Waals surface area contributed by atoms with Crippen molar-refractivity contribution in [2.45, 2.75) is 26.2 Å². The van der Waals surface area contributed by atoms with Gasteiger partial charge in [-0.1, -0.05) is 18.5 Å². The number of rotatable bonds is 3. The summed E-state index contributed by atoms with van der Waals surface area (Å²) in [6, 6.07) is 7.50. The van der Waals surface area contributed by atoms with Crippen molar-refractivity contribution in [1.82, 2.24) is 14.7 Å². The van der Waals surface area contributed by atoms with E-state index in [2.05, 4.69) is 5.10 Å². The van der Waals surface area contributed by atoms with Crippen molar-refractivity contribution in [3.63, 3.8) is 0 Å². The number of carbonyl (C=O) groups is 1. The molecule has 0 atom stereocenters. The summed E-state index contributed by atoms with van der Waals surface area (Å²) in [5.74, 6) is 0.101. The first-order valence-electron chi connectivity index (χ1n) is 7.33. The molecule has 21 heavy (non-hydrogen) atoms. The first kappa shape index (κ1) is 14.1. The molecule has 1 saturated heterocycles. The van der Waals surface area contributed by atoms with E-state index >= 15 is 0 Å². The average Bonchev–Trinajstić information content (AvgIpc) is 3.16. The number of amides is 1. The van der Waals surface area contributed by atoms with Crippen LogP contribution >= 0.6 is 11.6 Å². The minimum absolute atomic E-state index is 0.101. The van der Waals surface area contributed by atoms with Gasteiger partial charge >= 0.3 is 0 Å². The van der Waals surface area contributed by atoms with Gasteiger partial charge in [-0.3, -0.25) is 4.79 Å². The standard InChI is InChI=1S/C16H18ClN3O/c1-2-15-14(16(21)19-9-3-4-10-19)11-18-20(15)13-7-5-12(17)6-8-13/h5-8,11H,2-4,9-10H2,1H3. The highest BCUT2D eigenvalue weighted by Crippen LogP contribution is 2.20. The van der Waals surface area contributed by atoms with Crippen LogP contribution in [0.4, 0.5) is 0 Å². The van der Waals surface area contributed by atoms with Gasteiger partial charge in [0.1, 0.15) is 0 Å². The molecule has 0 N–H and O–H groups in total. The van der Waals surface area contributed by atoms with Crippen molar-refractivity contribution in [2.24, 2.45) is 0 Å². The lowest BCUT2D eigenvalue weighted by Crippen LogP contribution is -2.28. The highest BCUT2D eigenvalue weighted by atomic mass is 35.5. The highest BCUT2D eigenvalue weighted by Gasteiger charge is 2.24. The topological polar surface area (TPSA) is 38.1 Å². The predicted octanol–water partition coefficient (Wildman–Crippen LogP) is 3.32. The Morgan fingerprint density at radius 2 is 1.90 bits per heavy atom. The van der Waals surface area contributed by atoms with Gasteiger partial charge < -0.3 is 4.90 Å². The minimum Gasteiger partial charge on any atom is -0.339 e. The van der Waals surface area contributed by atoms with Crippen LogP contribution in [0.25, 0.3) is 5.69 Å². The highest BCUT2D eigenvalue weighted by molar-refractivity contribution is 6.30. The number of halogens is 1. The molecule has 1 aromatic heterocycles. The molecule has 0 spiro atoms. The lowest BCUT2D eigenvalue weighted by molar-refractivity contribution is 0.0791. The Balaban J connectivity index is 1.96. The van der Waals surface area contributed by atoms with Crippen molar-refractivity contribution in [3.8, 4) is 5.69 Å². The van der Waals surface area contributed by atoms with E-state index in [0.29, 0.717) is 10.6 Å². The Morgan fingerprint density at radius 1 is 1.24 bits per heavy atom. The van der Waals surface area contributed by atoms with Crippen LogP contribution in [0, 0.1) is 0 Å². The Bertz CT molecular complexity index is 642. The zero-order chi connectivity index (χ0) is 14.8. The van der Waals surface area contributed by atoms with E-state index in [1.54, 1.807) is 6.20 Å². The Hall–Kier alpha value is -1.81. The first-order chi connectivity index (χ1) is 10.2. The third-order valence-corrected chi connectivity index (χ3v) is 4.15. The smallest absolute Gasteiger partial charge is 0.257 e. The third kappa shape index (κ3) is 2.68. The molecule has 0 saturated carbocycles. The summed E-state index contributed by atoms with van der Waals surface area (Å²) in [4.78, 5) is 14.5. The first-order valence-corrected chi connectivity index (χ1v) is 7.70. The van der Waals surface area contributed by atoms with E-state index in [0.717, 1.165) is 43.7 Å². The van der Waals surface area contributed by atoms with Crippen LogP contribution in [-0.2, 0) is 6.42 Å². The molecule has 2 aromatic rings. The van der Waals surface area contributed by atoms with Gasteiger partial charge in [0.15, 0.2) is 0 Å². The molecule has 1 fully saturated rings. The Kier molecular flexibility index (Phi) is 3.97. The van der Waals surface area contributed by atoms with Gasteiger partial charge in [0.25, 0.3) is 5.91 Å². The van der Waals surface area contributed by atoms with Gasteiger partial charge in [-0.05, 0) is 43.5 Å². The maximum Gasteiger partial charge on any atom is 0.257 e. The molecule has 1 aromatic carbocycles. The quantitative estimate of drug-likeness (QED) is 0.872. The molecule has 0 unspecified atom stereocenters. The molecule has 5 heteroatoms. The van der Waals surface area contributed by atoms with E-state index in [4.69, 9.17) is 11.6 Å². The molecule has 0 radical (unpaired) electrons. The molecule has 3 rings (SSSR count). The van der Waals surface area contributed by atoms with Crippen LogP contribution in [0.3, 0.4) is 0 Å². The maximum absolute atomic E-state index is 12.6. The number of nitrogens with zero attached hydrogens (tertiary/aromatic N) is 3. The molecular weight excluding hydrogens is 286 g/mol. The van der Waals surface area contributed by atoms with Crippen molar-refractivity contribution in [2.75, 3.05) is 13.1 Å². The second-order valence-corrected chi connectivity index (χ2v) is 5.68. The summed E-state index contributed by atoms with van der Waals surface area (Å²) in [6.45, 7) is 3.76. The van der Waals surface area contributed by atoms with Gasteiger partial charge in [0.2, 0.25) is 0 Å². The average molecular weight is 304 g/mol. The lowest BCUT2D eigenvalue weighted by Gasteiger charge is -2.15. The molecule has 110 valence electrons. The molecule has 2 heterocycles. The normalized spacial score (nSPS) is 14.7. The van der Waals surface area contributed by atoms with Gasteiger partial charge in [-0.15, -0.1) is 0 Å². The van der Waals surface area contributed by atoms with Crippen LogP contribution in [0.1, 0.15) is 35.8 Å². The maximum atomic E-state index is 12.6. The Morgan fingerprint density at radius 3 is 2.52 bits per heavy atom. The van der Waals surface area contributed by atoms with Crippen LogP contribution in [0.5, 0.6) is 0 Å². The fraction of sp³-hybridized carbons (Fsp3) is 0.375. The fourth-order valence-corrected chi connectivity index (χ4v) is 2.91. The number of carbonyl (C=O) groups excluding carboxylic acids is 1. The molecule has 0 bridgehead atoms. The van der Waals surface area contributed by atoms with E-state index in [1.807, 2.05) is 40.8 Å². The monoisotopic (exact) mass is 303 g/mol. The molecule has 0 aliphatic carbocycles. The van der Waals surface area contributed by atoms with Crippen molar-refractivity contribution >= 4 is 17.5 Å². The van der Waals surface area contributed by atoms with E-state index < -0.39 is 0 Å².